The molecule has 3 heterocycles. The summed E-state index contributed by atoms with van der Waals surface area (Å²) in [6, 6.07) is 5.75. The molecular formula is C21H29BN4O5. The Bertz CT molecular complexity index is 989. The van der Waals surface area contributed by atoms with E-state index >= 15 is 0 Å². The molecule has 1 atom stereocenters. The van der Waals surface area contributed by atoms with Gasteiger partial charge in [0.1, 0.15) is 12.4 Å². The predicted molar refractivity (Wildman–Crippen MR) is 116 cm³/mol. The van der Waals surface area contributed by atoms with Crippen LogP contribution in [0.3, 0.4) is 0 Å². The van der Waals surface area contributed by atoms with Gasteiger partial charge in [0.05, 0.1) is 35.4 Å². The van der Waals surface area contributed by atoms with Gasteiger partial charge in [-0.25, -0.2) is 9.78 Å². The van der Waals surface area contributed by atoms with Crippen LogP contribution in [0.2, 0.25) is 0 Å². The third kappa shape index (κ3) is 4.01. The number of nitrogens with zero attached hydrogens (tertiary/aromatic N) is 2. The third-order valence-electron chi connectivity index (χ3n) is 6.51. The van der Waals surface area contributed by atoms with Gasteiger partial charge >= 0.3 is 13.2 Å². The van der Waals surface area contributed by atoms with Crippen LogP contribution in [0.5, 0.6) is 0 Å². The summed E-state index contributed by atoms with van der Waals surface area (Å²) in [5.41, 5.74) is 1.79. The standard InChI is InChI=1S/C21H29BN4O5/c1-20(2)21(3,4)31-22(30-20)13-8-9-14-15(11-13)25-18(24-14)16-7-6-10-26(16)17(27)12-23-19(28)29-5/h8-9,11,16H,6-7,10,12H2,1-5H3,(H,23,28)(H,24,25)/t16-/m0/s1. The van der Waals surface area contributed by atoms with Gasteiger partial charge in [-0.15, -0.1) is 0 Å². The molecule has 31 heavy (non-hydrogen) atoms. The number of aromatic amines is 1. The first-order valence-corrected chi connectivity index (χ1v) is 10.6. The van der Waals surface area contributed by atoms with Gasteiger partial charge < -0.3 is 29.2 Å². The molecule has 0 aliphatic carbocycles. The first-order valence-electron chi connectivity index (χ1n) is 10.6. The van der Waals surface area contributed by atoms with Gasteiger partial charge in [0.15, 0.2) is 0 Å². The van der Waals surface area contributed by atoms with Crippen LogP contribution in [0.4, 0.5) is 4.79 Å². The van der Waals surface area contributed by atoms with E-state index in [1.807, 2.05) is 45.9 Å². The third-order valence-corrected chi connectivity index (χ3v) is 6.51. The lowest BCUT2D eigenvalue weighted by Gasteiger charge is -2.32. The molecule has 0 unspecified atom stereocenters. The molecule has 0 saturated carbocycles. The number of aromatic nitrogens is 2. The van der Waals surface area contributed by atoms with Crippen LogP contribution in [0.25, 0.3) is 11.0 Å². The smallest absolute Gasteiger partial charge is 0.453 e. The summed E-state index contributed by atoms with van der Waals surface area (Å²) in [5.74, 6) is 0.580. The Morgan fingerprint density at radius 2 is 2.00 bits per heavy atom. The Balaban J connectivity index is 1.53. The number of amides is 2. The van der Waals surface area contributed by atoms with E-state index in [0.29, 0.717) is 6.54 Å². The van der Waals surface area contributed by atoms with Crippen LogP contribution in [0, 0.1) is 0 Å². The van der Waals surface area contributed by atoms with Crippen molar-refractivity contribution in [3.63, 3.8) is 0 Å². The SMILES string of the molecule is COC(=O)NCC(=O)N1CCC[C@H]1c1nc2ccc(B3OC(C)(C)C(C)(C)O3)cc2[nH]1. The van der Waals surface area contributed by atoms with Gasteiger partial charge in [-0.2, -0.15) is 0 Å². The number of rotatable bonds is 4. The van der Waals surface area contributed by atoms with E-state index in [2.05, 4.69) is 15.0 Å². The van der Waals surface area contributed by atoms with Gasteiger partial charge in [0, 0.05) is 6.54 Å². The molecule has 0 bridgehead atoms. The average Bonchev–Trinajstić information content (AvgIpc) is 3.40. The highest BCUT2D eigenvalue weighted by atomic mass is 16.7. The maximum Gasteiger partial charge on any atom is 0.494 e. The molecule has 2 aromatic rings. The van der Waals surface area contributed by atoms with E-state index in [9.17, 15) is 9.59 Å². The Morgan fingerprint density at radius 3 is 2.68 bits per heavy atom. The minimum absolute atomic E-state index is 0.102. The van der Waals surface area contributed by atoms with Crippen molar-refractivity contribution in [3.05, 3.63) is 24.0 Å². The van der Waals surface area contributed by atoms with E-state index in [0.717, 1.165) is 35.2 Å². The number of hydrogen-bond donors (Lipinski definition) is 2. The highest BCUT2D eigenvalue weighted by Gasteiger charge is 2.51. The molecule has 2 fully saturated rings. The molecule has 2 aliphatic heterocycles. The first-order chi connectivity index (χ1) is 14.6. The molecule has 2 N–H and O–H groups in total. The number of nitrogens with one attached hydrogen (secondary N) is 2. The highest BCUT2D eigenvalue weighted by Crippen LogP contribution is 2.37. The van der Waals surface area contributed by atoms with Crippen molar-refractivity contribution < 1.29 is 23.6 Å². The second kappa shape index (κ2) is 7.83. The number of carbonyl (C=O) groups is 2. The highest BCUT2D eigenvalue weighted by molar-refractivity contribution is 6.62. The number of hydrogen-bond acceptors (Lipinski definition) is 6. The van der Waals surface area contributed by atoms with Crippen LogP contribution in [-0.2, 0) is 18.8 Å². The molecule has 0 radical (unpaired) electrons. The maximum absolute atomic E-state index is 12.6. The molecular weight excluding hydrogens is 399 g/mol. The summed E-state index contributed by atoms with van der Waals surface area (Å²) in [6.45, 7) is 8.64. The molecule has 166 valence electrons. The van der Waals surface area contributed by atoms with Crippen molar-refractivity contribution in [2.45, 2.75) is 57.8 Å². The van der Waals surface area contributed by atoms with Crippen LogP contribution < -0.4 is 10.8 Å². The second-order valence-corrected chi connectivity index (χ2v) is 9.08. The molecule has 10 heteroatoms. The number of alkyl carbamates (subject to hydrolysis) is 1. The normalized spacial score (nSPS) is 22.2. The fourth-order valence-electron chi connectivity index (χ4n) is 4.00. The Hall–Kier alpha value is -2.59. The Labute approximate surface area is 182 Å². The lowest BCUT2D eigenvalue weighted by molar-refractivity contribution is -0.131. The number of H-pyrrole nitrogens is 1. The number of fused-ring (bicyclic) bond motifs is 1. The second-order valence-electron chi connectivity index (χ2n) is 9.08. The van der Waals surface area contributed by atoms with Gasteiger partial charge in [0.25, 0.3) is 0 Å². The summed E-state index contributed by atoms with van der Waals surface area (Å²) in [4.78, 5) is 33.7. The maximum atomic E-state index is 12.6. The molecule has 4 rings (SSSR count). The Morgan fingerprint density at radius 1 is 1.29 bits per heavy atom. The molecule has 0 spiro atoms. The van der Waals surface area contributed by atoms with Crippen LogP contribution in [0.15, 0.2) is 18.2 Å². The van der Waals surface area contributed by atoms with Gasteiger partial charge in [-0.05, 0) is 58.1 Å². The lowest BCUT2D eigenvalue weighted by Crippen LogP contribution is -2.41. The van der Waals surface area contributed by atoms with E-state index in [1.54, 1.807) is 4.90 Å². The predicted octanol–water partition coefficient (Wildman–Crippen LogP) is 1.88. The molecule has 1 aromatic heterocycles. The number of ether oxygens (including phenoxy) is 1. The topological polar surface area (TPSA) is 106 Å². The van der Waals surface area contributed by atoms with Crippen molar-refractivity contribution >= 4 is 35.6 Å². The Kier molecular flexibility index (Phi) is 5.47. The van der Waals surface area contributed by atoms with E-state index in [-0.39, 0.29) is 18.5 Å². The minimum atomic E-state index is -0.622. The van der Waals surface area contributed by atoms with Crippen molar-refractivity contribution in [3.8, 4) is 0 Å². The number of likely N-dealkylation sites (tertiary alicyclic amines) is 1. The molecule has 1 aromatic carbocycles. The quantitative estimate of drug-likeness (QED) is 0.721. The number of imidazole rings is 1. The molecule has 9 nitrogen and oxygen atoms in total. The lowest BCUT2D eigenvalue weighted by atomic mass is 9.79. The van der Waals surface area contributed by atoms with Crippen LogP contribution >= 0.6 is 0 Å². The zero-order chi connectivity index (χ0) is 22.4. The van der Waals surface area contributed by atoms with Crippen molar-refractivity contribution in [1.82, 2.24) is 20.2 Å². The number of carbonyl (C=O) groups excluding carboxylic acids is 2. The summed E-state index contributed by atoms with van der Waals surface area (Å²) in [6.07, 6.45) is 1.07. The summed E-state index contributed by atoms with van der Waals surface area (Å²) < 4.78 is 16.8. The van der Waals surface area contributed by atoms with E-state index in [4.69, 9.17) is 14.3 Å². The monoisotopic (exact) mass is 428 g/mol. The van der Waals surface area contributed by atoms with Gasteiger partial charge in [-0.3, -0.25) is 4.79 Å². The molecule has 2 amide bonds. The first kappa shape index (κ1) is 21.6. The van der Waals surface area contributed by atoms with Crippen LogP contribution in [0.1, 0.15) is 52.4 Å². The summed E-state index contributed by atoms with van der Waals surface area (Å²) in [5, 5.41) is 2.45. The fourth-order valence-corrected chi connectivity index (χ4v) is 4.00. The van der Waals surface area contributed by atoms with Gasteiger partial charge in [0.2, 0.25) is 5.91 Å². The minimum Gasteiger partial charge on any atom is -0.453 e. The zero-order valence-electron chi connectivity index (χ0n) is 18.7. The van der Waals surface area contributed by atoms with Crippen molar-refractivity contribution in [1.29, 1.82) is 0 Å². The van der Waals surface area contributed by atoms with Crippen molar-refractivity contribution in [2.24, 2.45) is 0 Å². The zero-order valence-corrected chi connectivity index (χ0v) is 18.7. The van der Waals surface area contributed by atoms with E-state index in [1.165, 1.54) is 7.11 Å². The van der Waals surface area contributed by atoms with Crippen LogP contribution in [-0.4, -0.2) is 65.4 Å². The van der Waals surface area contributed by atoms with Gasteiger partial charge in [-0.1, -0.05) is 6.07 Å². The summed E-state index contributed by atoms with van der Waals surface area (Å²) >= 11 is 0. The number of methoxy groups -OCH3 is 1. The molecule has 2 saturated heterocycles. The number of benzene rings is 1. The molecule has 2 aliphatic rings. The van der Waals surface area contributed by atoms with Crippen molar-refractivity contribution in [2.75, 3.05) is 20.2 Å². The fraction of sp³-hybridized carbons (Fsp3) is 0.571. The largest absolute Gasteiger partial charge is 0.494 e. The summed E-state index contributed by atoms with van der Waals surface area (Å²) in [7, 11) is 0.820. The van der Waals surface area contributed by atoms with E-state index < -0.39 is 24.4 Å². The average molecular weight is 428 g/mol.